The summed E-state index contributed by atoms with van der Waals surface area (Å²) in [6.07, 6.45) is 6.57. The van der Waals surface area contributed by atoms with Crippen molar-refractivity contribution in [3.8, 4) is 11.1 Å². The normalized spacial score (nSPS) is 21.8. The predicted octanol–water partition coefficient (Wildman–Crippen LogP) is 4.23. The number of rotatable bonds is 7. The Morgan fingerprint density at radius 2 is 1.66 bits per heavy atom. The molecular formula is C28H30N2O5. The molecule has 3 unspecified atom stereocenters. The number of nitrogens with one attached hydrogen (secondary N) is 2. The molecule has 1 fully saturated rings. The molecule has 0 aliphatic heterocycles. The summed E-state index contributed by atoms with van der Waals surface area (Å²) < 4.78 is 5.66. The summed E-state index contributed by atoms with van der Waals surface area (Å²) in [5.74, 6) is -1.66. The van der Waals surface area contributed by atoms with Gasteiger partial charge in [0.15, 0.2) is 0 Å². The fourth-order valence-corrected chi connectivity index (χ4v) is 5.41. The molecule has 2 aromatic rings. The summed E-state index contributed by atoms with van der Waals surface area (Å²) in [7, 11) is 0. The molecule has 0 spiro atoms. The molecule has 182 valence electrons. The van der Waals surface area contributed by atoms with Crippen LogP contribution in [-0.4, -0.2) is 41.8 Å². The number of hydrogen-bond donors (Lipinski definition) is 3. The molecule has 0 heterocycles. The number of aliphatic carboxylic acids is 1. The largest absolute Gasteiger partial charge is 0.481 e. The second-order valence-corrected chi connectivity index (χ2v) is 9.69. The van der Waals surface area contributed by atoms with Crippen molar-refractivity contribution in [2.45, 2.75) is 50.1 Å². The Morgan fingerprint density at radius 1 is 1.00 bits per heavy atom. The first-order chi connectivity index (χ1) is 17.0. The third-order valence-corrected chi connectivity index (χ3v) is 7.53. The fourth-order valence-electron chi connectivity index (χ4n) is 5.41. The van der Waals surface area contributed by atoms with Gasteiger partial charge in [0, 0.05) is 12.0 Å². The molecule has 0 aromatic heterocycles. The van der Waals surface area contributed by atoms with Gasteiger partial charge in [-0.2, -0.15) is 0 Å². The van der Waals surface area contributed by atoms with E-state index in [1.807, 2.05) is 30.3 Å². The van der Waals surface area contributed by atoms with Crippen LogP contribution in [0.2, 0.25) is 0 Å². The molecule has 2 aromatic carbocycles. The molecule has 3 aliphatic carbocycles. The highest BCUT2D eigenvalue weighted by Crippen LogP contribution is 2.44. The van der Waals surface area contributed by atoms with Gasteiger partial charge < -0.3 is 20.5 Å². The summed E-state index contributed by atoms with van der Waals surface area (Å²) in [6, 6.07) is 15.2. The van der Waals surface area contributed by atoms with Gasteiger partial charge in [-0.3, -0.25) is 9.59 Å². The zero-order valence-electron chi connectivity index (χ0n) is 19.5. The van der Waals surface area contributed by atoms with Crippen molar-refractivity contribution in [3.63, 3.8) is 0 Å². The zero-order chi connectivity index (χ0) is 24.4. The molecule has 35 heavy (non-hydrogen) atoms. The van der Waals surface area contributed by atoms with Gasteiger partial charge >= 0.3 is 12.1 Å². The van der Waals surface area contributed by atoms with Crippen molar-refractivity contribution in [3.05, 3.63) is 71.8 Å². The smallest absolute Gasteiger partial charge is 0.407 e. The molecule has 5 rings (SSSR count). The number of allylic oxidation sites excluding steroid dienone is 1. The van der Waals surface area contributed by atoms with Crippen molar-refractivity contribution < 1.29 is 24.2 Å². The van der Waals surface area contributed by atoms with Gasteiger partial charge in [-0.1, -0.05) is 67.1 Å². The van der Waals surface area contributed by atoms with Crippen molar-refractivity contribution >= 4 is 18.0 Å². The standard InChI is InChI=1S/C28H30N2O5/c31-26(29-19-10-6-9-18(15-19)27(32)33)25(17-7-5-8-17)30-28(34)35-16-24-22-13-3-1-11-20(22)21-12-2-4-14-23(21)24/h1-4,6,10-14,17-19,24-25H,5,7-9,15-16H2,(H,29,31)(H,30,34)(H,32,33). The lowest BCUT2D eigenvalue weighted by Gasteiger charge is -2.34. The maximum Gasteiger partial charge on any atom is 0.407 e. The van der Waals surface area contributed by atoms with Crippen LogP contribution in [0.15, 0.2) is 60.7 Å². The number of fused-ring (bicyclic) bond motifs is 3. The van der Waals surface area contributed by atoms with Crippen molar-refractivity contribution in [2.24, 2.45) is 11.8 Å². The third kappa shape index (κ3) is 4.81. The summed E-state index contributed by atoms with van der Waals surface area (Å²) in [4.78, 5) is 37.2. The summed E-state index contributed by atoms with van der Waals surface area (Å²) in [5, 5.41) is 15.0. The maximum atomic E-state index is 13.1. The highest BCUT2D eigenvalue weighted by Gasteiger charge is 2.36. The lowest BCUT2D eigenvalue weighted by molar-refractivity contribution is -0.142. The van der Waals surface area contributed by atoms with E-state index in [-0.39, 0.29) is 30.4 Å². The van der Waals surface area contributed by atoms with Gasteiger partial charge in [-0.15, -0.1) is 0 Å². The molecule has 0 bridgehead atoms. The maximum absolute atomic E-state index is 13.1. The minimum atomic E-state index is -0.860. The van der Waals surface area contributed by atoms with Gasteiger partial charge in [-0.25, -0.2) is 4.79 Å². The predicted molar refractivity (Wildman–Crippen MR) is 131 cm³/mol. The van der Waals surface area contributed by atoms with Gasteiger partial charge in [0.05, 0.1) is 5.92 Å². The molecule has 7 nitrogen and oxygen atoms in total. The fraction of sp³-hybridized carbons (Fsp3) is 0.393. The van der Waals surface area contributed by atoms with E-state index in [1.165, 1.54) is 0 Å². The number of carbonyl (C=O) groups is 3. The monoisotopic (exact) mass is 474 g/mol. The van der Waals surface area contributed by atoms with E-state index in [0.29, 0.717) is 12.8 Å². The number of benzene rings is 2. The van der Waals surface area contributed by atoms with Gasteiger partial charge in [0.25, 0.3) is 0 Å². The first kappa shape index (κ1) is 23.1. The summed E-state index contributed by atoms with van der Waals surface area (Å²) in [5.41, 5.74) is 4.58. The molecule has 3 aliphatic rings. The molecule has 3 N–H and O–H groups in total. The molecular weight excluding hydrogens is 444 g/mol. The van der Waals surface area contributed by atoms with Crippen LogP contribution in [0.4, 0.5) is 4.79 Å². The lowest BCUT2D eigenvalue weighted by Crippen LogP contribution is -2.55. The summed E-state index contributed by atoms with van der Waals surface area (Å²) >= 11 is 0. The molecule has 3 atom stereocenters. The number of carboxylic acid groups (broad SMARTS) is 1. The Labute approximate surface area is 204 Å². The highest BCUT2D eigenvalue weighted by atomic mass is 16.5. The molecule has 0 radical (unpaired) electrons. The number of hydrogen-bond acceptors (Lipinski definition) is 4. The van der Waals surface area contributed by atoms with Crippen LogP contribution in [0.25, 0.3) is 11.1 Å². The molecule has 7 heteroatoms. The van der Waals surface area contributed by atoms with Crippen LogP contribution in [0, 0.1) is 11.8 Å². The third-order valence-electron chi connectivity index (χ3n) is 7.53. The molecule has 2 amide bonds. The quantitative estimate of drug-likeness (QED) is 0.521. The summed E-state index contributed by atoms with van der Waals surface area (Å²) in [6.45, 7) is 0.185. The second kappa shape index (κ2) is 9.94. The van der Waals surface area contributed by atoms with Crippen molar-refractivity contribution in [1.29, 1.82) is 0 Å². The van der Waals surface area contributed by atoms with E-state index >= 15 is 0 Å². The average molecular weight is 475 g/mol. The van der Waals surface area contributed by atoms with E-state index in [0.717, 1.165) is 41.5 Å². The lowest BCUT2D eigenvalue weighted by atomic mass is 9.79. The van der Waals surface area contributed by atoms with Crippen molar-refractivity contribution in [1.82, 2.24) is 10.6 Å². The van der Waals surface area contributed by atoms with Crippen LogP contribution >= 0.6 is 0 Å². The van der Waals surface area contributed by atoms with Gasteiger partial charge in [-0.05, 0) is 53.9 Å². The first-order valence-corrected chi connectivity index (χ1v) is 12.3. The first-order valence-electron chi connectivity index (χ1n) is 12.3. The Bertz CT molecular complexity index is 1110. The topological polar surface area (TPSA) is 105 Å². The van der Waals surface area contributed by atoms with Gasteiger partial charge in [0.2, 0.25) is 5.91 Å². The van der Waals surface area contributed by atoms with Crippen LogP contribution < -0.4 is 10.6 Å². The zero-order valence-corrected chi connectivity index (χ0v) is 19.5. The Balaban J connectivity index is 1.22. The van der Waals surface area contributed by atoms with E-state index < -0.39 is 24.0 Å². The second-order valence-electron chi connectivity index (χ2n) is 9.69. The number of alkyl carbamates (subject to hydrolysis) is 1. The van der Waals surface area contributed by atoms with Gasteiger partial charge in [0.1, 0.15) is 12.6 Å². The Hall–Kier alpha value is -3.61. The van der Waals surface area contributed by atoms with Crippen LogP contribution in [0.3, 0.4) is 0 Å². The minimum Gasteiger partial charge on any atom is -0.481 e. The Kier molecular flexibility index (Phi) is 6.57. The van der Waals surface area contributed by atoms with Crippen LogP contribution in [0.1, 0.15) is 49.1 Å². The van der Waals surface area contributed by atoms with Crippen molar-refractivity contribution in [2.75, 3.05) is 6.61 Å². The highest BCUT2D eigenvalue weighted by molar-refractivity contribution is 5.86. The number of amides is 2. The minimum absolute atomic E-state index is 0.0514. The van der Waals surface area contributed by atoms with E-state index in [4.69, 9.17) is 4.74 Å². The van der Waals surface area contributed by atoms with Crippen LogP contribution in [-0.2, 0) is 14.3 Å². The van der Waals surface area contributed by atoms with Crippen LogP contribution in [0.5, 0.6) is 0 Å². The number of ether oxygens (including phenoxy) is 1. The SMILES string of the molecule is O=C(NC(C(=O)NC1C=CCC(C(=O)O)C1)C1CCC1)OCC1c2ccccc2-c2ccccc21. The number of carboxylic acids is 1. The Morgan fingerprint density at radius 3 is 2.26 bits per heavy atom. The molecule has 1 saturated carbocycles. The van der Waals surface area contributed by atoms with E-state index in [2.05, 4.69) is 34.9 Å². The van der Waals surface area contributed by atoms with E-state index in [1.54, 1.807) is 6.08 Å². The number of carbonyl (C=O) groups excluding carboxylic acids is 2. The average Bonchev–Trinajstić information content (AvgIpc) is 3.15. The van der Waals surface area contributed by atoms with E-state index in [9.17, 15) is 19.5 Å². The molecule has 0 saturated heterocycles.